The highest BCUT2D eigenvalue weighted by Gasteiger charge is 2.35. The summed E-state index contributed by atoms with van der Waals surface area (Å²) in [6.07, 6.45) is 4.88. The van der Waals surface area contributed by atoms with Crippen molar-refractivity contribution in [3.05, 3.63) is 0 Å². The van der Waals surface area contributed by atoms with Gasteiger partial charge in [-0.15, -0.1) is 0 Å². The van der Waals surface area contributed by atoms with Gasteiger partial charge < -0.3 is 25.4 Å². The van der Waals surface area contributed by atoms with Crippen molar-refractivity contribution in [2.24, 2.45) is 5.92 Å². The highest BCUT2D eigenvalue weighted by molar-refractivity contribution is 5.83. The molecule has 3 amide bonds. The molecular formula is C16H27N3O5. The molecule has 0 bridgehead atoms. The van der Waals surface area contributed by atoms with E-state index in [9.17, 15) is 14.4 Å². The smallest absolute Gasteiger partial charge is 0.407 e. The van der Waals surface area contributed by atoms with Gasteiger partial charge in [-0.05, 0) is 19.3 Å². The van der Waals surface area contributed by atoms with Crippen molar-refractivity contribution < 1.29 is 23.9 Å². The largest absolute Gasteiger partial charge is 0.453 e. The number of rotatable bonds is 6. The molecule has 1 aliphatic heterocycles. The molecule has 2 fully saturated rings. The molecule has 1 heterocycles. The minimum absolute atomic E-state index is 0.0145. The maximum absolute atomic E-state index is 12.2. The molecule has 24 heavy (non-hydrogen) atoms. The maximum Gasteiger partial charge on any atom is 0.407 e. The molecule has 136 valence electrons. The lowest BCUT2D eigenvalue weighted by Crippen LogP contribution is -2.58. The second-order valence-corrected chi connectivity index (χ2v) is 6.51. The molecular weight excluding hydrogens is 314 g/mol. The monoisotopic (exact) mass is 341 g/mol. The average molecular weight is 341 g/mol. The Hall–Kier alpha value is -1.83. The van der Waals surface area contributed by atoms with Gasteiger partial charge in [0, 0.05) is 13.2 Å². The number of carbonyl (C=O) groups excluding carboxylic acids is 3. The summed E-state index contributed by atoms with van der Waals surface area (Å²) in [7, 11) is 1.25. The van der Waals surface area contributed by atoms with Crippen molar-refractivity contribution in [3.63, 3.8) is 0 Å². The molecule has 2 aliphatic rings. The van der Waals surface area contributed by atoms with Crippen LogP contribution in [0.25, 0.3) is 0 Å². The predicted octanol–water partition coefficient (Wildman–Crippen LogP) is 0.314. The number of alkyl carbamates (subject to hydrolysis) is 1. The van der Waals surface area contributed by atoms with Crippen LogP contribution in [0.2, 0.25) is 0 Å². The molecule has 8 nitrogen and oxygen atoms in total. The summed E-state index contributed by atoms with van der Waals surface area (Å²) < 4.78 is 9.69. The number of hydrogen-bond donors (Lipinski definition) is 3. The second kappa shape index (κ2) is 8.86. The van der Waals surface area contributed by atoms with Gasteiger partial charge in [0.25, 0.3) is 0 Å². The van der Waals surface area contributed by atoms with E-state index in [1.165, 1.54) is 7.11 Å². The first kappa shape index (κ1) is 18.5. The summed E-state index contributed by atoms with van der Waals surface area (Å²) in [6, 6.07) is 0. The van der Waals surface area contributed by atoms with Crippen LogP contribution in [0.4, 0.5) is 4.79 Å². The fourth-order valence-corrected chi connectivity index (χ4v) is 3.28. The van der Waals surface area contributed by atoms with Gasteiger partial charge in [-0.3, -0.25) is 9.59 Å². The first-order chi connectivity index (χ1) is 11.5. The fraction of sp³-hybridized carbons (Fsp3) is 0.812. The van der Waals surface area contributed by atoms with Crippen molar-refractivity contribution in [3.8, 4) is 0 Å². The summed E-state index contributed by atoms with van der Waals surface area (Å²) in [4.78, 5) is 35.4. The Morgan fingerprint density at radius 3 is 2.54 bits per heavy atom. The third-order valence-electron chi connectivity index (χ3n) is 4.70. The van der Waals surface area contributed by atoms with Crippen molar-refractivity contribution in [2.45, 2.75) is 44.1 Å². The molecule has 1 unspecified atom stereocenters. The van der Waals surface area contributed by atoms with Gasteiger partial charge >= 0.3 is 6.09 Å². The molecule has 0 radical (unpaired) electrons. The minimum Gasteiger partial charge on any atom is -0.453 e. The van der Waals surface area contributed by atoms with Crippen molar-refractivity contribution in [1.29, 1.82) is 0 Å². The highest BCUT2D eigenvalue weighted by atomic mass is 16.5. The van der Waals surface area contributed by atoms with E-state index in [0.29, 0.717) is 19.8 Å². The Morgan fingerprint density at radius 1 is 1.17 bits per heavy atom. The van der Waals surface area contributed by atoms with Gasteiger partial charge in [0.05, 0.1) is 25.2 Å². The molecule has 2 rings (SSSR count). The SMILES string of the molecule is COC(=O)NCC(=O)NC1(CNC(=O)C2CCOC2)CCCCC1. The first-order valence-corrected chi connectivity index (χ1v) is 8.53. The number of methoxy groups -OCH3 is 1. The van der Waals surface area contributed by atoms with Gasteiger partial charge in [0.15, 0.2) is 0 Å². The summed E-state index contributed by atoms with van der Waals surface area (Å²) in [6.45, 7) is 1.36. The van der Waals surface area contributed by atoms with Crippen LogP contribution >= 0.6 is 0 Å². The Bertz CT molecular complexity index is 457. The molecule has 0 aromatic carbocycles. The summed E-state index contributed by atoms with van der Waals surface area (Å²) in [5.41, 5.74) is -0.442. The van der Waals surface area contributed by atoms with Crippen LogP contribution in [0, 0.1) is 5.92 Å². The van der Waals surface area contributed by atoms with Crippen molar-refractivity contribution in [1.82, 2.24) is 16.0 Å². The first-order valence-electron chi connectivity index (χ1n) is 8.53. The Kier molecular flexibility index (Phi) is 6.84. The van der Waals surface area contributed by atoms with E-state index in [1.807, 2.05) is 0 Å². The molecule has 3 N–H and O–H groups in total. The van der Waals surface area contributed by atoms with Crippen LogP contribution in [0.3, 0.4) is 0 Å². The van der Waals surface area contributed by atoms with Gasteiger partial charge in [-0.2, -0.15) is 0 Å². The van der Waals surface area contributed by atoms with Gasteiger partial charge in [-0.25, -0.2) is 4.79 Å². The standard InChI is InChI=1S/C16H27N3O5/c1-23-15(22)17-9-13(20)19-16(6-3-2-4-7-16)11-18-14(21)12-5-8-24-10-12/h12H,2-11H2,1H3,(H,17,22)(H,18,21)(H,19,20). The quantitative estimate of drug-likeness (QED) is 0.645. The van der Waals surface area contributed by atoms with Crippen LogP contribution in [0.1, 0.15) is 38.5 Å². The average Bonchev–Trinajstić information content (AvgIpc) is 3.13. The molecule has 1 saturated heterocycles. The molecule has 1 aliphatic carbocycles. The zero-order valence-electron chi connectivity index (χ0n) is 14.2. The molecule has 0 aromatic rings. The number of ether oxygens (including phenoxy) is 2. The minimum atomic E-state index is -0.641. The van der Waals surface area contributed by atoms with Gasteiger partial charge in [-0.1, -0.05) is 19.3 Å². The molecule has 0 spiro atoms. The zero-order valence-corrected chi connectivity index (χ0v) is 14.2. The Balaban J connectivity index is 1.86. The van der Waals surface area contributed by atoms with Crippen molar-refractivity contribution in [2.75, 3.05) is 33.4 Å². The molecule has 1 saturated carbocycles. The highest BCUT2D eigenvalue weighted by Crippen LogP contribution is 2.28. The topological polar surface area (TPSA) is 106 Å². The zero-order chi connectivity index (χ0) is 17.4. The lowest BCUT2D eigenvalue weighted by Gasteiger charge is -2.38. The van der Waals surface area contributed by atoms with E-state index < -0.39 is 11.6 Å². The predicted molar refractivity (Wildman–Crippen MR) is 86.3 cm³/mol. The summed E-state index contributed by atoms with van der Waals surface area (Å²) in [5, 5.41) is 8.34. The number of nitrogens with one attached hydrogen (secondary N) is 3. The normalized spacial score (nSPS) is 22.5. The van der Waals surface area contributed by atoms with Crippen LogP contribution in [-0.4, -0.2) is 56.9 Å². The van der Waals surface area contributed by atoms with Gasteiger partial charge in [0.1, 0.15) is 6.54 Å². The van der Waals surface area contributed by atoms with E-state index in [-0.39, 0.29) is 24.3 Å². The van der Waals surface area contributed by atoms with Crippen LogP contribution in [0.15, 0.2) is 0 Å². The Morgan fingerprint density at radius 2 is 1.92 bits per heavy atom. The van der Waals surface area contributed by atoms with E-state index in [2.05, 4.69) is 20.7 Å². The van der Waals surface area contributed by atoms with E-state index in [1.54, 1.807) is 0 Å². The third-order valence-corrected chi connectivity index (χ3v) is 4.70. The molecule has 8 heteroatoms. The molecule has 1 atom stereocenters. The van der Waals surface area contributed by atoms with Gasteiger partial charge in [0.2, 0.25) is 11.8 Å². The van der Waals surface area contributed by atoms with E-state index in [4.69, 9.17) is 4.74 Å². The van der Waals surface area contributed by atoms with E-state index >= 15 is 0 Å². The van der Waals surface area contributed by atoms with Crippen LogP contribution in [0.5, 0.6) is 0 Å². The van der Waals surface area contributed by atoms with E-state index in [0.717, 1.165) is 38.5 Å². The van der Waals surface area contributed by atoms with Crippen molar-refractivity contribution >= 4 is 17.9 Å². The van der Waals surface area contributed by atoms with Crippen LogP contribution < -0.4 is 16.0 Å². The maximum atomic E-state index is 12.2. The second-order valence-electron chi connectivity index (χ2n) is 6.51. The van der Waals surface area contributed by atoms with Crippen LogP contribution in [-0.2, 0) is 19.1 Å². The fourth-order valence-electron chi connectivity index (χ4n) is 3.28. The molecule has 0 aromatic heterocycles. The third kappa shape index (κ3) is 5.36. The number of hydrogen-bond acceptors (Lipinski definition) is 5. The number of amides is 3. The summed E-state index contributed by atoms with van der Waals surface area (Å²) >= 11 is 0. The lowest BCUT2D eigenvalue weighted by atomic mass is 9.81. The Labute approximate surface area is 142 Å². The summed E-state index contributed by atoms with van der Waals surface area (Å²) in [5.74, 6) is -0.387. The number of carbonyl (C=O) groups is 3. The lowest BCUT2D eigenvalue weighted by molar-refractivity contribution is -0.127.